The molecule has 0 radical (unpaired) electrons. The summed E-state index contributed by atoms with van der Waals surface area (Å²) in [4.78, 5) is 26.1. The molecule has 1 fully saturated rings. The number of fused-ring (bicyclic) bond motifs is 1. The number of allylic oxidation sites excluding steroid dienone is 1. The highest BCUT2D eigenvalue weighted by molar-refractivity contribution is 6.08. The molecule has 1 heterocycles. The molecule has 0 aromatic heterocycles. The van der Waals surface area contributed by atoms with Crippen LogP contribution >= 0.6 is 0 Å². The van der Waals surface area contributed by atoms with Gasteiger partial charge in [0.15, 0.2) is 5.78 Å². The highest BCUT2D eigenvalue weighted by Gasteiger charge is 2.21. The fourth-order valence-electron chi connectivity index (χ4n) is 3.38. The smallest absolute Gasteiger partial charge is 0.227 e. The lowest BCUT2D eigenvalue weighted by Crippen LogP contribution is -2.23. The van der Waals surface area contributed by atoms with Crippen molar-refractivity contribution in [2.24, 2.45) is 0 Å². The normalized spacial score (nSPS) is 14.5. The summed E-state index contributed by atoms with van der Waals surface area (Å²) >= 11 is 0. The molecule has 0 bridgehead atoms. The molecule has 0 N–H and O–H groups in total. The van der Waals surface area contributed by atoms with Crippen molar-refractivity contribution < 1.29 is 9.59 Å². The Bertz CT molecular complexity index is 997. The van der Waals surface area contributed by atoms with E-state index < -0.39 is 0 Å². The maximum absolute atomic E-state index is 12.5. The van der Waals surface area contributed by atoms with Crippen molar-refractivity contribution in [1.82, 2.24) is 0 Å². The summed E-state index contributed by atoms with van der Waals surface area (Å²) < 4.78 is 0. The van der Waals surface area contributed by atoms with E-state index in [-0.39, 0.29) is 11.7 Å². The molecule has 1 aliphatic heterocycles. The Morgan fingerprint density at radius 3 is 2.46 bits per heavy atom. The van der Waals surface area contributed by atoms with E-state index >= 15 is 0 Å². The van der Waals surface area contributed by atoms with E-state index in [0.717, 1.165) is 35.0 Å². The first-order chi connectivity index (χ1) is 12.7. The van der Waals surface area contributed by atoms with Crippen molar-refractivity contribution in [3.05, 3.63) is 83.9 Å². The van der Waals surface area contributed by atoms with Crippen molar-refractivity contribution in [1.29, 1.82) is 0 Å². The molecule has 0 unspecified atom stereocenters. The summed E-state index contributed by atoms with van der Waals surface area (Å²) in [6.07, 6.45) is 4.97. The summed E-state index contributed by atoms with van der Waals surface area (Å²) in [5.74, 6) is 0.108. The molecule has 0 aliphatic carbocycles. The Balaban J connectivity index is 1.54. The van der Waals surface area contributed by atoms with Crippen molar-refractivity contribution in [2.75, 3.05) is 11.4 Å². The quantitative estimate of drug-likeness (QED) is 0.502. The highest BCUT2D eigenvalue weighted by Crippen LogP contribution is 2.23. The van der Waals surface area contributed by atoms with Gasteiger partial charge in [-0.2, -0.15) is 0 Å². The molecule has 26 heavy (non-hydrogen) atoms. The predicted molar refractivity (Wildman–Crippen MR) is 105 cm³/mol. The van der Waals surface area contributed by atoms with E-state index in [4.69, 9.17) is 0 Å². The first-order valence-corrected chi connectivity index (χ1v) is 8.83. The Morgan fingerprint density at radius 2 is 1.69 bits per heavy atom. The second-order valence-corrected chi connectivity index (χ2v) is 6.46. The molecule has 0 saturated carbocycles. The molecule has 128 valence electrons. The van der Waals surface area contributed by atoms with Crippen LogP contribution in [0.3, 0.4) is 0 Å². The zero-order chi connectivity index (χ0) is 17.9. The summed E-state index contributed by atoms with van der Waals surface area (Å²) in [6, 6.07) is 21.5. The van der Waals surface area contributed by atoms with Crippen molar-refractivity contribution in [3.63, 3.8) is 0 Å². The van der Waals surface area contributed by atoms with Crippen LogP contribution in [0.4, 0.5) is 5.69 Å². The summed E-state index contributed by atoms with van der Waals surface area (Å²) in [5, 5.41) is 2.28. The number of ketones is 1. The Hall–Kier alpha value is -3.20. The first kappa shape index (κ1) is 16.3. The van der Waals surface area contributed by atoms with Crippen molar-refractivity contribution >= 4 is 34.2 Å². The van der Waals surface area contributed by atoms with Crippen LogP contribution in [-0.2, 0) is 4.79 Å². The lowest BCUT2D eigenvalue weighted by atomic mass is 10.0. The Kier molecular flexibility index (Phi) is 4.36. The van der Waals surface area contributed by atoms with Crippen LogP contribution in [0, 0.1) is 0 Å². The van der Waals surface area contributed by atoms with Gasteiger partial charge < -0.3 is 4.90 Å². The number of amides is 1. The summed E-state index contributed by atoms with van der Waals surface area (Å²) in [5.41, 5.74) is 2.51. The molecule has 3 aromatic carbocycles. The van der Waals surface area contributed by atoms with Crippen LogP contribution in [0.25, 0.3) is 16.8 Å². The van der Waals surface area contributed by atoms with Crippen LogP contribution in [-0.4, -0.2) is 18.2 Å². The van der Waals surface area contributed by atoms with Gasteiger partial charge in [-0.1, -0.05) is 48.5 Å². The van der Waals surface area contributed by atoms with E-state index in [9.17, 15) is 9.59 Å². The lowest BCUT2D eigenvalue weighted by molar-refractivity contribution is -0.117. The fraction of sp³-hybridized carbons (Fsp3) is 0.130. The van der Waals surface area contributed by atoms with Gasteiger partial charge in [-0.3, -0.25) is 9.59 Å². The van der Waals surface area contributed by atoms with Gasteiger partial charge in [-0.15, -0.1) is 0 Å². The molecule has 1 aliphatic rings. The number of rotatable bonds is 4. The van der Waals surface area contributed by atoms with Crippen LogP contribution in [0.2, 0.25) is 0 Å². The number of hydrogen-bond donors (Lipinski definition) is 0. The third-order valence-electron chi connectivity index (χ3n) is 4.77. The molecule has 3 heteroatoms. The summed E-state index contributed by atoms with van der Waals surface area (Å²) in [6.45, 7) is 0.757. The number of nitrogens with zero attached hydrogens (tertiary/aromatic N) is 1. The predicted octanol–water partition coefficient (Wildman–Crippen LogP) is 4.86. The van der Waals surface area contributed by atoms with Gasteiger partial charge >= 0.3 is 0 Å². The molecule has 4 rings (SSSR count). The van der Waals surface area contributed by atoms with Gasteiger partial charge in [0, 0.05) is 24.2 Å². The largest absolute Gasteiger partial charge is 0.312 e. The number of anilines is 1. The lowest BCUT2D eigenvalue weighted by Gasteiger charge is -2.15. The average molecular weight is 341 g/mol. The van der Waals surface area contributed by atoms with E-state index in [0.29, 0.717) is 12.0 Å². The Labute approximate surface area is 152 Å². The number of hydrogen-bond acceptors (Lipinski definition) is 2. The number of carbonyl (C=O) groups is 2. The minimum absolute atomic E-state index is 0.0442. The van der Waals surface area contributed by atoms with Gasteiger partial charge in [-0.05, 0) is 53.1 Å². The molecular formula is C23H19NO2. The average Bonchev–Trinajstić information content (AvgIpc) is 3.12. The second-order valence-electron chi connectivity index (χ2n) is 6.46. The van der Waals surface area contributed by atoms with Gasteiger partial charge in [0.1, 0.15) is 0 Å². The highest BCUT2D eigenvalue weighted by atomic mass is 16.2. The maximum Gasteiger partial charge on any atom is 0.227 e. The molecule has 3 nitrogen and oxygen atoms in total. The third kappa shape index (κ3) is 3.16. The van der Waals surface area contributed by atoms with Crippen molar-refractivity contribution in [3.8, 4) is 0 Å². The molecule has 0 spiro atoms. The van der Waals surface area contributed by atoms with Gasteiger partial charge in [0.25, 0.3) is 0 Å². The zero-order valence-corrected chi connectivity index (χ0v) is 14.4. The first-order valence-electron chi connectivity index (χ1n) is 8.83. The third-order valence-corrected chi connectivity index (χ3v) is 4.77. The molecular weight excluding hydrogens is 322 g/mol. The van der Waals surface area contributed by atoms with E-state index in [1.807, 2.05) is 42.5 Å². The SMILES string of the molecule is O=C(C=Cc1cccc2ccccc12)c1ccc(N2CCCC2=O)cc1. The Morgan fingerprint density at radius 1 is 0.923 bits per heavy atom. The molecule has 0 atom stereocenters. The standard InChI is InChI=1S/C23H19NO2/c25-22(15-12-18-7-3-6-17-5-1-2-8-21(17)18)19-10-13-20(14-11-19)24-16-4-9-23(24)26/h1-3,5-8,10-15H,4,9,16H2. The topological polar surface area (TPSA) is 37.4 Å². The monoisotopic (exact) mass is 341 g/mol. The zero-order valence-electron chi connectivity index (χ0n) is 14.4. The summed E-state index contributed by atoms with van der Waals surface area (Å²) in [7, 11) is 0. The molecule has 3 aromatic rings. The van der Waals surface area contributed by atoms with Crippen LogP contribution in [0.15, 0.2) is 72.8 Å². The second kappa shape index (κ2) is 6.96. The maximum atomic E-state index is 12.5. The minimum Gasteiger partial charge on any atom is -0.312 e. The van der Waals surface area contributed by atoms with Gasteiger partial charge in [0.2, 0.25) is 5.91 Å². The van der Waals surface area contributed by atoms with Crippen LogP contribution < -0.4 is 4.90 Å². The van der Waals surface area contributed by atoms with Crippen LogP contribution in [0.1, 0.15) is 28.8 Å². The minimum atomic E-state index is -0.0442. The molecule has 1 amide bonds. The molecule has 1 saturated heterocycles. The van der Waals surface area contributed by atoms with E-state index in [2.05, 4.69) is 18.2 Å². The van der Waals surface area contributed by atoms with E-state index in [1.54, 1.807) is 23.1 Å². The van der Waals surface area contributed by atoms with Gasteiger partial charge in [-0.25, -0.2) is 0 Å². The number of benzene rings is 3. The van der Waals surface area contributed by atoms with Gasteiger partial charge in [0.05, 0.1) is 0 Å². The van der Waals surface area contributed by atoms with E-state index in [1.165, 1.54) is 0 Å². The van der Waals surface area contributed by atoms with Crippen molar-refractivity contribution in [2.45, 2.75) is 12.8 Å². The van der Waals surface area contributed by atoms with Crippen LogP contribution in [0.5, 0.6) is 0 Å². The number of carbonyl (C=O) groups excluding carboxylic acids is 2. The fourth-order valence-corrected chi connectivity index (χ4v) is 3.38.